The fourth-order valence-corrected chi connectivity index (χ4v) is 3.53. The molecule has 0 radical (unpaired) electrons. The topological polar surface area (TPSA) is 71.5 Å². The third kappa shape index (κ3) is 5.00. The molecule has 5 heteroatoms. The van der Waals surface area contributed by atoms with Gasteiger partial charge in [0.1, 0.15) is 11.9 Å². The summed E-state index contributed by atoms with van der Waals surface area (Å²) in [6, 6.07) is 15.7. The summed E-state index contributed by atoms with van der Waals surface area (Å²) in [6.07, 6.45) is 3.15. The van der Waals surface area contributed by atoms with Crippen LogP contribution < -0.4 is 10.5 Å². The van der Waals surface area contributed by atoms with E-state index in [0.717, 1.165) is 49.4 Å². The molecule has 1 heterocycles. The zero-order valence-electron chi connectivity index (χ0n) is 16.0. The third-order valence-electron chi connectivity index (χ3n) is 5.25. The SMILES string of the molecule is COc1ccc(CC2CCN(OC(C)c3ccc(C#N)cc3)CC2)c(N)c1. The van der Waals surface area contributed by atoms with Crippen molar-refractivity contribution in [3.63, 3.8) is 0 Å². The number of nitrogen functional groups attached to an aromatic ring is 1. The van der Waals surface area contributed by atoms with Crippen LogP contribution in [0.15, 0.2) is 42.5 Å². The molecular formula is C22H27N3O2. The molecule has 1 aliphatic heterocycles. The molecule has 0 aliphatic carbocycles. The number of piperidine rings is 1. The van der Waals surface area contributed by atoms with Gasteiger partial charge in [0.05, 0.1) is 18.7 Å². The van der Waals surface area contributed by atoms with Crippen LogP contribution in [0.2, 0.25) is 0 Å². The van der Waals surface area contributed by atoms with Gasteiger partial charge in [0.25, 0.3) is 0 Å². The van der Waals surface area contributed by atoms with Crippen LogP contribution in [0, 0.1) is 17.2 Å². The number of methoxy groups -OCH3 is 1. The Labute approximate surface area is 161 Å². The fourth-order valence-electron chi connectivity index (χ4n) is 3.53. The second-order valence-electron chi connectivity index (χ2n) is 7.12. The summed E-state index contributed by atoms with van der Waals surface area (Å²) < 4.78 is 5.22. The highest BCUT2D eigenvalue weighted by molar-refractivity contribution is 5.51. The smallest absolute Gasteiger partial charge is 0.120 e. The van der Waals surface area contributed by atoms with E-state index in [1.165, 1.54) is 5.56 Å². The minimum Gasteiger partial charge on any atom is -0.497 e. The highest BCUT2D eigenvalue weighted by atomic mass is 16.7. The molecule has 2 aromatic carbocycles. The standard InChI is InChI=1S/C22H27N3O2/c1-16(19-5-3-18(15-23)4-6-19)27-25-11-9-17(10-12-25)13-20-7-8-21(26-2)14-22(20)24/h3-8,14,16-17H,9-13,24H2,1-2H3. The van der Waals surface area contributed by atoms with Crippen LogP contribution in [0.1, 0.15) is 42.6 Å². The van der Waals surface area contributed by atoms with Crippen molar-refractivity contribution in [1.82, 2.24) is 5.06 Å². The van der Waals surface area contributed by atoms with E-state index in [9.17, 15) is 0 Å². The molecule has 2 N–H and O–H groups in total. The van der Waals surface area contributed by atoms with Gasteiger partial charge in [0.15, 0.2) is 0 Å². The second-order valence-corrected chi connectivity index (χ2v) is 7.12. The Morgan fingerprint density at radius 3 is 2.48 bits per heavy atom. The Bertz CT molecular complexity index is 790. The zero-order valence-corrected chi connectivity index (χ0v) is 16.0. The summed E-state index contributed by atoms with van der Waals surface area (Å²) in [5.41, 5.74) is 9.92. The van der Waals surface area contributed by atoms with Crippen molar-refractivity contribution in [1.29, 1.82) is 5.26 Å². The van der Waals surface area contributed by atoms with Gasteiger partial charge >= 0.3 is 0 Å². The Kier molecular flexibility index (Phi) is 6.33. The van der Waals surface area contributed by atoms with Gasteiger partial charge in [-0.1, -0.05) is 18.2 Å². The van der Waals surface area contributed by atoms with E-state index < -0.39 is 0 Å². The molecular weight excluding hydrogens is 338 g/mol. The predicted octanol–water partition coefficient (Wildman–Crippen LogP) is 4.10. The van der Waals surface area contributed by atoms with Gasteiger partial charge in [-0.25, -0.2) is 0 Å². The molecule has 1 aliphatic rings. The first-order valence-electron chi connectivity index (χ1n) is 9.43. The van der Waals surface area contributed by atoms with Crippen molar-refractivity contribution in [2.24, 2.45) is 5.92 Å². The number of anilines is 1. The number of rotatable bonds is 6. The monoisotopic (exact) mass is 365 g/mol. The van der Waals surface area contributed by atoms with E-state index in [1.807, 2.05) is 43.3 Å². The quantitative estimate of drug-likeness (QED) is 0.781. The number of nitrogens with two attached hydrogens (primary N) is 1. The minimum atomic E-state index is -0.0217. The molecule has 2 aromatic rings. The molecule has 1 fully saturated rings. The van der Waals surface area contributed by atoms with E-state index in [1.54, 1.807) is 7.11 Å². The van der Waals surface area contributed by atoms with Gasteiger partial charge < -0.3 is 10.5 Å². The predicted molar refractivity (Wildman–Crippen MR) is 106 cm³/mol. The fraction of sp³-hybridized carbons (Fsp3) is 0.409. The molecule has 1 unspecified atom stereocenters. The average Bonchev–Trinajstić information content (AvgIpc) is 2.71. The summed E-state index contributed by atoms with van der Waals surface area (Å²) in [5.74, 6) is 1.42. The lowest BCUT2D eigenvalue weighted by molar-refractivity contribution is -0.207. The van der Waals surface area contributed by atoms with Crippen LogP contribution in [0.5, 0.6) is 5.75 Å². The molecule has 142 valence electrons. The van der Waals surface area contributed by atoms with E-state index >= 15 is 0 Å². The van der Waals surface area contributed by atoms with Crippen molar-refractivity contribution in [3.8, 4) is 11.8 Å². The third-order valence-corrected chi connectivity index (χ3v) is 5.25. The first kappa shape index (κ1) is 19.2. The maximum atomic E-state index is 8.90. The molecule has 0 amide bonds. The van der Waals surface area contributed by atoms with E-state index in [-0.39, 0.29) is 6.10 Å². The van der Waals surface area contributed by atoms with Gasteiger partial charge in [-0.3, -0.25) is 4.84 Å². The lowest BCUT2D eigenvalue weighted by atomic mass is 9.90. The van der Waals surface area contributed by atoms with Crippen molar-refractivity contribution in [2.45, 2.75) is 32.3 Å². The Balaban J connectivity index is 1.49. The Morgan fingerprint density at radius 2 is 1.89 bits per heavy atom. The summed E-state index contributed by atoms with van der Waals surface area (Å²) in [7, 11) is 1.66. The molecule has 1 saturated heterocycles. The highest BCUT2D eigenvalue weighted by Crippen LogP contribution is 2.28. The molecule has 5 nitrogen and oxygen atoms in total. The first-order valence-corrected chi connectivity index (χ1v) is 9.43. The van der Waals surface area contributed by atoms with Crippen LogP contribution >= 0.6 is 0 Å². The van der Waals surface area contributed by atoms with Crippen molar-refractivity contribution >= 4 is 5.69 Å². The van der Waals surface area contributed by atoms with Crippen LogP contribution in [-0.2, 0) is 11.3 Å². The van der Waals surface area contributed by atoms with Crippen LogP contribution in [0.3, 0.4) is 0 Å². The maximum Gasteiger partial charge on any atom is 0.120 e. The molecule has 0 aromatic heterocycles. The van der Waals surface area contributed by atoms with Gasteiger partial charge in [0.2, 0.25) is 0 Å². The maximum absolute atomic E-state index is 8.90. The number of nitrogens with zero attached hydrogens (tertiary/aromatic N) is 2. The number of nitriles is 1. The molecule has 0 spiro atoms. The van der Waals surface area contributed by atoms with Crippen LogP contribution in [0.4, 0.5) is 5.69 Å². The number of hydrogen-bond acceptors (Lipinski definition) is 5. The summed E-state index contributed by atoms with van der Waals surface area (Å²) in [5, 5.41) is 11.0. The van der Waals surface area contributed by atoms with Gasteiger partial charge in [-0.05, 0) is 61.4 Å². The number of hydrogen-bond donors (Lipinski definition) is 1. The average molecular weight is 365 g/mol. The highest BCUT2D eigenvalue weighted by Gasteiger charge is 2.22. The van der Waals surface area contributed by atoms with E-state index in [2.05, 4.69) is 17.2 Å². The number of hydroxylamine groups is 2. The van der Waals surface area contributed by atoms with Gasteiger partial charge in [-0.15, -0.1) is 0 Å². The lowest BCUT2D eigenvalue weighted by Gasteiger charge is -2.33. The van der Waals surface area contributed by atoms with Crippen LogP contribution in [-0.4, -0.2) is 25.3 Å². The molecule has 3 rings (SSSR count). The van der Waals surface area contributed by atoms with E-state index in [4.69, 9.17) is 20.6 Å². The molecule has 1 atom stereocenters. The van der Waals surface area contributed by atoms with Crippen LogP contribution in [0.25, 0.3) is 0 Å². The Hall–Kier alpha value is -2.55. The zero-order chi connectivity index (χ0) is 19.2. The minimum absolute atomic E-state index is 0.0217. The van der Waals surface area contributed by atoms with Crippen molar-refractivity contribution in [3.05, 3.63) is 59.2 Å². The summed E-state index contributed by atoms with van der Waals surface area (Å²) in [6.45, 7) is 3.88. The van der Waals surface area contributed by atoms with Crippen molar-refractivity contribution in [2.75, 3.05) is 25.9 Å². The van der Waals surface area contributed by atoms with Gasteiger partial charge in [0, 0.05) is 24.8 Å². The largest absolute Gasteiger partial charge is 0.497 e. The van der Waals surface area contributed by atoms with Gasteiger partial charge in [-0.2, -0.15) is 10.3 Å². The lowest BCUT2D eigenvalue weighted by Crippen LogP contribution is -2.35. The molecule has 0 bridgehead atoms. The number of ether oxygens (including phenoxy) is 1. The molecule has 0 saturated carbocycles. The second kappa shape index (κ2) is 8.90. The van der Waals surface area contributed by atoms with Crippen molar-refractivity contribution < 1.29 is 9.57 Å². The summed E-state index contributed by atoms with van der Waals surface area (Å²) >= 11 is 0. The molecule has 27 heavy (non-hydrogen) atoms. The Morgan fingerprint density at radius 1 is 1.19 bits per heavy atom. The normalized spacial score (nSPS) is 16.6. The number of benzene rings is 2. The summed E-state index contributed by atoms with van der Waals surface area (Å²) in [4.78, 5) is 6.11. The first-order chi connectivity index (χ1) is 13.1. The van der Waals surface area contributed by atoms with E-state index in [0.29, 0.717) is 11.5 Å².